The average molecular weight is 1030 g/mol. The highest BCUT2D eigenvalue weighted by atomic mass is 32.2. The minimum absolute atomic E-state index is 0.0194. The van der Waals surface area contributed by atoms with Gasteiger partial charge in [-0.25, -0.2) is 23.0 Å². The largest absolute Gasteiger partial charge is 0.461 e. The number of primary amides is 1. The van der Waals surface area contributed by atoms with Crippen molar-refractivity contribution in [3.8, 4) is 11.1 Å². The number of amidine groups is 1. The Balaban J connectivity index is 1.10. The summed E-state index contributed by atoms with van der Waals surface area (Å²) in [5, 5.41) is 7.98. The van der Waals surface area contributed by atoms with Gasteiger partial charge in [0.1, 0.15) is 18.0 Å². The van der Waals surface area contributed by atoms with Gasteiger partial charge in [0.05, 0.1) is 22.7 Å². The van der Waals surface area contributed by atoms with E-state index < -0.39 is 51.7 Å². The van der Waals surface area contributed by atoms with Crippen LogP contribution < -0.4 is 33.2 Å². The van der Waals surface area contributed by atoms with Crippen LogP contribution >= 0.6 is 0 Å². The summed E-state index contributed by atoms with van der Waals surface area (Å²) in [6, 6.07) is 17.0. The fraction of sp³-hybridized carbons (Fsp3) is 0.491. The third kappa shape index (κ3) is 17.5. The van der Waals surface area contributed by atoms with Crippen LogP contribution in [0.5, 0.6) is 0 Å². The Morgan fingerprint density at radius 1 is 0.904 bits per heavy atom. The van der Waals surface area contributed by atoms with Gasteiger partial charge >= 0.3 is 18.1 Å². The van der Waals surface area contributed by atoms with E-state index in [1.54, 1.807) is 74.2 Å². The molecule has 0 bridgehead atoms. The van der Waals surface area contributed by atoms with Crippen LogP contribution in [0.15, 0.2) is 82.2 Å². The lowest BCUT2D eigenvalue weighted by Gasteiger charge is -2.38. The van der Waals surface area contributed by atoms with Gasteiger partial charge in [0.25, 0.3) is 0 Å². The predicted molar refractivity (Wildman–Crippen MR) is 279 cm³/mol. The zero-order valence-electron chi connectivity index (χ0n) is 42.9. The molecule has 73 heavy (non-hydrogen) atoms. The number of hydrogen-bond acceptors (Lipinski definition) is 13. The Bertz CT molecular complexity index is 2620. The van der Waals surface area contributed by atoms with Gasteiger partial charge < -0.3 is 47.5 Å². The van der Waals surface area contributed by atoms with E-state index in [4.69, 9.17) is 26.7 Å². The second-order valence-corrected chi connectivity index (χ2v) is 21.9. The minimum atomic E-state index is -3.84. The van der Waals surface area contributed by atoms with Crippen LogP contribution in [-0.4, -0.2) is 116 Å². The molecule has 396 valence electrons. The van der Waals surface area contributed by atoms with Crippen molar-refractivity contribution in [2.75, 3.05) is 39.3 Å². The van der Waals surface area contributed by atoms with E-state index in [9.17, 15) is 37.2 Å². The van der Waals surface area contributed by atoms with Crippen LogP contribution in [-0.2, 0) is 51.7 Å². The maximum atomic E-state index is 13.8. The van der Waals surface area contributed by atoms with Gasteiger partial charge in [0.2, 0.25) is 21.8 Å². The summed E-state index contributed by atoms with van der Waals surface area (Å²) in [4.78, 5) is 82.2. The summed E-state index contributed by atoms with van der Waals surface area (Å²) in [5.41, 5.74) is 21.4. The number of nitrogens with two attached hydrogens (primary N) is 3. The highest BCUT2D eigenvalue weighted by Crippen LogP contribution is 2.34. The third-order valence-electron chi connectivity index (χ3n) is 12.3. The molecule has 2 atom stereocenters. The van der Waals surface area contributed by atoms with E-state index in [1.165, 1.54) is 4.31 Å². The molecule has 2 heterocycles. The number of ketones is 1. The van der Waals surface area contributed by atoms with E-state index >= 15 is 0 Å². The summed E-state index contributed by atoms with van der Waals surface area (Å²) in [6.45, 7) is 13.1. The first-order chi connectivity index (χ1) is 34.5. The number of benzene rings is 3. The number of hydrogen-bond donors (Lipinski definition) is 6. The molecule has 19 nitrogen and oxygen atoms in total. The van der Waals surface area contributed by atoms with Crippen molar-refractivity contribution < 1.29 is 46.7 Å². The highest BCUT2D eigenvalue weighted by Gasteiger charge is 2.37. The maximum Gasteiger partial charge on any atom is 0.407 e. The lowest BCUT2D eigenvalue weighted by molar-refractivity contribution is -0.145. The molecule has 3 aromatic carbocycles. The SMILES string of the molecule is CCCN(CCCNC(=O)OC(C)(C)C)C(=O)C1=Cc2ccc(-c3cccc(S(=O)(=O)N4CC(CCC(=O)OCc5ccc(CC(=O)[C@H](CCCNC(N)=O)NC(=O)[C@@H](N)C(C)C)cc5)C4)c3)cc2N=C(N)C1. The molecule has 0 spiro atoms. The summed E-state index contributed by atoms with van der Waals surface area (Å²) >= 11 is 0. The van der Waals surface area contributed by atoms with Gasteiger partial charge in [-0.3, -0.25) is 19.2 Å². The Morgan fingerprint density at radius 2 is 1.59 bits per heavy atom. The summed E-state index contributed by atoms with van der Waals surface area (Å²) < 4.78 is 39.8. The van der Waals surface area contributed by atoms with Crippen molar-refractivity contribution in [3.63, 3.8) is 0 Å². The fourth-order valence-corrected chi connectivity index (χ4v) is 9.83. The first-order valence-corrected chi connectivity index (χ1v) is 26.4. The van der Waals surface area contributed by atoms with Crippen molar-refractivity contribution in [3.05, 3.63) is 89.0 Å². The molecule has 5 amide bonds. The molecule has 1 saturated heterocycles. The molecule has 1 fully saturated rings. The molecule has 20 heteroatoms. The Labute approximate surface area is 429 Å². The van der Waals surface area contributed by atoms with Gasteiger partial charge in [-0.05, 0) is 111 Å². The second-order valence-electron chi connectivity index (χ2n) is 19.9. The van der Waals surface area contributed by atoms with Gasteiger partial charge in [-0.2, -0.15) is 4.31 Å². The number of rotatable bonds is 25. The standard InChI is InChI=1S/C53H73N9O10S/c1-7-24-61(25-10-23-58-52(68)72-53(4,5)6)50(66)41-27-40-20-19-39(29-44(40)59-46(54)30-41)38-11-8-12-42(28-38)73(69,70)62-31-37(32-62)18-21-47(64)71-33-36-16-14-35(15-17-36)26-45(63)43(13-9-22-57-51(56)67)60-49(65)48(55)34(2)3/h8,11-12,14-17,19-20,27-29,34,37,43,48H,7,9-10,13,18,21-26,30-33,55H2,1-6H3,(H2,54,59)(H,58,68)(H,60,65)(H3,56,57,67)/t43-,48-/m0/s1. The zero-order chi connectivity index (χ0) is 53.5. The maximum absolute atomic E-state index is 13.8. The summed E-state index contributed by atoms with van der Waals surface area (Å²) in [5.74, 6) is -1.12. The number of nitrogens with one attached hydrogen (secondary N) is 3. The number of carbonyl (C=O) groups is 6. The third-order valence-corrected chi connectivity index (χ3v) is 14.1. The number of nitrogens with zero attached hydrogens (tertiary/aromatic N) is 3. The normalized spacial score (nSPS) is 14.8. The lowest BCUT2D eigenvalue weighted by Crippen LogP contribution is -2.50. The molecular formula is C53H73N9O10S. The number of ether oxygens (including phenoxy) is 2. The molecule has 2 aliphatic heterocycles. The Hall–Kier alpha value is -6.64. The molecule has 2 aliphatic rings. The summed E-state index contributed by atoms with van der Waals surface area (Å²) in [6.07, 6.45) is 4.01. The van der Waals surface area contributed by atoms with Crippen molar-refractivity contribution in [2.45, 2.75) is 122 Å². The molecule has 5 rings (SSSR count). The lowest BCUT2D eigenvalue weighted by atomic mass is 9.97. The Kier molecular flexibility index (Phi) is 20.7. The molecule has 0 aromatic heterocycles. The summed E-state index contributed by atoms with van der Waals surface area (Å²) in [7, 11) is -3.84. The first kappa shape index (κ1) is 57.3. The van der Waals surface area contributed by atoms with Crippen molar-refractivity contribution >= 4 is 63.3 Å². The van der Waals surface area contributed by atoms with Crippen LogP contribution in [0, 0.1) is 11.8 Å². The average Bonchev–Trinajstić information content (AvgIpc) is 3.48. The fourth-order valence-electron chi connectivity index (χ4n) is 8.19. The van der Waals surface area contributed by atoms with Gasteiger partial charge in [0.15, 0.2) is 5.78 Å². The quantitative estimate of drug-likeness (QED) is 0.0456. The molecule has 0 unspecified atom stereocenters. The minimum Gasteiger partial charge on any atom is -0.461 e. The van der Waals surface area contributed by atoms with Gasteiger partial charge in [0, 0.05) is 69.7 Å². The van der Waals surface area contributed by atoms with Gasteiger partial charge in [-0.1, -0.05) is 69.3 Å². The van der Waals surface area contributed by atoms with E-state index in [2.05, 4.69) is 20.9 Å². The topological polar surface area (TPSA) is 288 Å². The smallest absolute Gasteiger partial charge is 0.407 e. The van der Waals surface area contributed by atoms with Crippen LogP contribution in [0.25, 0.3) is 17.2 Å². The van der Waals surface area contributed by atoms with E-state index in [0.29, 0.717) is 72.4 Å². The van der Waals surface area contributed by atoms with Crippen LogP contribution in [0.1, 0.15) is 103 Å². The monoisotopic (exact) mass is 1030 g/mol. The number of fused-ring (bicyclic) bond motifs is 1. The number of alkyl carbamates (subject to hydrolysis) is 1. The number of esters is 1. The zero-order valence-corrected chi connectivity index (χ0v) is 43.7. The van der Waals surface area contributed by atoms with Crippen LogP contribution in [0.3, 0.4) is 0 Å². The number of Topliss-reactive ketones (excluding diaryl/α,β-unsaturated/α-hetero) is 1. The molecular weight excluding hydrogens is 955 g/mol. The first-order valence-electron chi connectivity index (χ1n) is 24.9. The van der Waals surface area contributed by atoms with E-state index in [1.807, 2.05) is 45.0 Å². The number of urea groups is 1. The molecule has 0 radical (unpaired) electrons. The van der Waals surface area contributed by atoms with Crippen molar-refractivity contribution in [2.24, 2.45) is 34.0 Å². The number of carbonyl (C=O) groups excluding carboxylic acids is 6. The molecule has 3 aromatic rings. The van der Waals surface area contributed by atoms with Crippen molar-refractivity contribution in [1.29, 1.82) is 0 Å². The second kappa shape index (κ2) is 26.4. The van der Waals surface area contributed by atoms with E-state index in [-0.39, 0.29) is 86.2 Å². The number of sulfonamides is 1. The van der Waals surface area contributed by atoms with Crippen LogP contribution in [0.2, 0.25) is 0 Å². The molecule has 0 saturated carbocycles. The molecule has 0 aliphatic carbocycles. The number of aliphatic imine (C=N–C) groups is 1. The number of amides is 5. The highest BCUT2D eigenvalue weighted by molar-refractivity contribution is 7.89. The van der Waals surface area contributed by atoms with Crippen LogP contribution in [0.4, 0.5) is 15.3 Å². The predicted octanol–water partition coefficient (Wildman–Crippen LogP) is 5.46. The van der Waals surface area contributed by atoms with E-state index in [0.717, 1.165) is 12.0 Å². The Morgan fingerprint density at radius 3 is 2.26 bits per heavy atom. The van der Waals surface area contributed by atoms with Gasteiger partial charge in [-0.15, -0.1) is 0 Å². The molecule has 9 N–H and O–H groups in total. The van der Waals surface area contributed by atoms with Crippen molar-refractivity contribution in [1.82, 2.24) is 25.2 Å².